The third kappa shape index (κ3) is 2.39. The summed E-state index contributed by atoms with van der Waals surface area (Å²) in [6.45, 7) is 0. The number of ether oxygens (including phenoxy) is 1. The Morgan fingerprint density at radius 2 is 2.16 bits per heavy atom. The van der Waals surface area contributed by atoms with Crippen LogP contribution in [0.4, 0.5) is 4.39 Å². The topological polar surface area (TPSA) is 64.3 Å². The number of aromatic nitrogens is 2. The number of carboxylic acids is 1. The maximum absolute atomic E-state index is 13.7. The molecule has 0 fully saturated rings. The van der Waals surface area contributed by atoms with E-state index in [-0.39, 0.29) is 16.5 Å². The second-order valence-electron chi connectivity index (χ2n) is 3.82. The first-order valence-corrected chi connectivity index (χ1v) is 5.62. The van der Waals surface area contributed by atoms with Crippen LogP contribution in [0.25, 0.3) is 11.3 Å². The van der Waals surface area contributed by atoms with Gasteiger partial charge in [0.1, 0.15) is 0 Å². The van der Waals surface area contributed by atoms with Gasteiger partial charge in [0.15, 0.2) is 17.3 Å². The van der Waals surface area contributed by atoms with Gasteiger partial charge in [0.2, 0.25) is 0 Å². The molecule has 0 aliphatic heterocycles. The molecule has 1 N–H and O–H groups in total. The van der Waals surface area contributed by atoms with E-state index in [2.05, 4.69) is 5.10 Å². The van der Waals surface area contributed by atoms with Crippen LogP contribution < -0.4 is 4.74 Å². The van der Waals surface area contributed by atoms with Gasteiger partial charge in [0, 0.05) is 12.6 Å². The second-order valence-corrected chi connectivity index (χ2v) is 4.22. The average Bonchev–Trinajstić information content (AvgIpc) is 2.71. The van der Waals surface area contributed by atoms with Gasteiger partial charge in [0.05, 0.1) is 17.8 Å². The minimum Gasteiger partial charge on any atom is -0.492 e. The van der Waals surface area contributed by atoms with E-state index < -0.39 is 11.8 Å². The Hall–Kier alpha value is -2.08. The summed E-state index contributed by atoms with van der Waals surface area (Å²) in [4.78, 5) is 10.8. The number of carbonyl (C=O) groups is 1. The summed E-state index contributed by atoms with van der Waals surface area (Å²) < 4.78 is 19.9. The van der Waals surface area contributed by atoms with Gasteiger partial charge in [-0.2, -0.15) is 5.10 Å². The average molecular weight is 285 g/mol. The smallest absolute Gasteiger partial charge is 0.356 e. The molecule has 0 atom stereocenters. The zero-order valence-electron chi connectivity index (χ0n) is 10.1. The molecule has 0 spiro atoms. The lowest BCUT2D eigenvalue weighted by molar-refractivity contribution is 0.0689. The number of methoxy groups -OCH3 is 1. The molecule has 7 heteroatoms. The van der Waals surface area contributed by atoms with Crippen LogP contribution in [0.15, 0.2) is 18.2 Å². The van der Waals surface area contributed by atoms with E-state index in [1.807, 2.05) is 0 Å². The SMILES string of the molecule is COc1c(F)cc(-c2cc(C(=O)O)nn2C)cc1Cl. The van der Waals surface area contributed by atoms with Crippen molar-refractivity contribution in [2.45, 2.75) is 0 Å². The lowest BCUT2D eigenvalue weighted by Gasteiger charge is -2.07. The third-order valence-corrected chi connectivity index (χ3v) is 2.88. The van der Waals surface area contributed by atoms with Crippen molar-refractivity contribution in [3.8, 4) is 17.0 Å². The van der Waals surface area contributed by atoms with Crippen LogP contribution in [0.1, 0.15) is 10.5 Å². The van der Waals surface area contributed by atoms with Gasteiger partial charge in [0.25, 0.3) is 0 Å². The summed E-state index contributed by atoms with van der Waals surface area (Å²) in [6.07, 6.45) is 0. The zero-order chi connectivity index (χ0) is 14.2. The molecule has 0 unspecified atom stereocenters. The van der Waals surface area contributed by atoms with Crippen LogP contribution in [0.5, 0.6) is 5.75 Å². The Labute approximate surface area is 113 Å². The fraction of sp³-hybridized carbons (Fsp3) is 0.167. The summed E-state index contributed by atoms with van der Waals surface area (Å²) in [5.41, 5.74) is 0.747. The van der Waals surface area contributed by atoms with Crippen molar-refractivity contribution in [1.82, 2.24) is 9.78 Å². The fourth-order valence-corrected chi connectivity index (χ4v) is 2.03. The number of aromatic carboxylic acids is 1. The molecule has 2 aromatic rings. The molecule has 1 heterocycles. The Kier molecular flexibility index (Phi) is 3.44. The number of nitrogens with zero attached hydrogens (tertiary/aromatic N) is 2. The highest BCUT2D eigenvalue weighted by atomic mass is 35.5. The van der Waals surface area contributed by atoms with Crippen molar-refractivity contribution in [3.05, 3.63) is 34.7 Å². The monoisotopic (exact) mass is 284 g/mol. The van der Waals surface area contributed by atoms with Crippen molar-refractivity contribution >= 4 is 17.6 Å². The van der Waals surface area contributed by atoms with Gasteiger partial charge in [-0.25, -0.2) is 9.18 Å². The van der Waals surface area contributed by atoms with Gasteiger partial charge in [-0.3, -0.25) is 4.68 Å². The summed E-state index contributed by atoms with van der Waals surface area (Å²) in [5, 5.41) is 12.8. The lowest BCUT2D eigenvalue weighted by Crippen LogP contribution is -1.99. The Bertz CT molecular complexity index is 631. The number of halogens is 2. The van der Waals surface area contributed by atoms with Crippen molar-refractivity contribution in [1.29, 1.82) is 0 Å². The minimum absolute atomic E-state index is 0.0500. The van der Waals surface area contributed by atoms with Crippen LogP contribution in [-0.2, 0) is 7.05 Å². The van der Waals surface area contributed by atoms with E-state index >= 15 is 0 Å². The van der Waals surface area contributed by atoms with E-state index in [4.69, 9.17) is 21.4 Å². The van der Waals surface area contributed by atoms with Crippen molar-refractivity contribution in [2.24, 2.45) is 7.05 Å². The van der Waals surface area contributed by atoms with Crippen molar-refractivity contribution in [3.63, 3.8) is 0 Å². The van der Waals surface area contributed by atoms with Crippen molar-refractivity contribution in [2.75, 3.05) is 7.11 Å². The van der Waals surface area contributed by atoms with E-state index in [9.17, 15) is 9.18 Å². The molecule has 2 rings (SSSR count). The lowest BCUT2D eigenvalue weighted by atomic mass is 10.1. The van der Waals surface area contributed by atoms with E-state index in [1.54, 1.807) is 7.05 Å². The number of aryl methyl sites for hydroxylation is 1. The predicted octanol–water partition coefficient (Wildman–Crippen LogP) is 2.59. The standard InChI is InChI=1S/C12H10ClFN2O3/c1-16-10(5-9(15-16)12(17)18)6-3-7(13)11(19-2)8(14)4-6/h3-5H,1-2H3,(H,17,18). The molecular formula is C12H10ClFN2O3. The number of carboxylic acid groups (broad SMARTS) is 1. The number of rotatable bonds is 3. The molecule has 0 saturated carbocycles. The molecule has 19 heavy (non-hydrogen) atoms. The third-order valence-electron chi connectivity index (χ3n) is 2.60. The molecule has 0 aliphatic rings. The number of hydrogen-bond donors (Lipinski definition) is 1. The fourth-order valence-electron chi connectivity index (χ4n) is 1.74. The summed E-state index contributed by atoms with van der Waals surface area (Å²) in [5.74, 6) is -1.82. The van der Waals surface area contributed by atoms with Crippen LogP contribution >= 0.6 is 11.6 Å². The molecule has 0 bridgehead atoms. The Morgan fingerprint density at radius 1 is 1.47 bits per heavy atom. The number of benzene rings is 1. The van der Waals surface area contributed by atoms with E-state index in [1.165, 1.54) is 30.0 Å². The second kappa shape index (κ2) is 4.89. The summed E-state index contributed by atoms with van der Waals surface area (Å²) in [7, 11) is 2.88. The normalized spacial score (nSPS) is 10.5. The Morgan fingerprint density at radius 3 is 2.63 bits per heavy atom. The minimum atomic E-state index is -1.15. The van der Waals surface area contributed by atoms with Crippen LogP contribution in [0.3, 0.4) is 0 Å². The maximum atomic E-state index is 13.7. The van der Waals surface area contributed by atoms with Gasteiger partial charge in [-0.05, 0) is 18.2 Å². The Balaban J connectivity index is 2.56. The predicted molar refractivity (Wildman–Crippen MR) is 67.1 cm³/mol. The molecule has 0 amide bonds. The molecule has 0 aliphatic carbocycles. The highest BCUT2D eigenvalue weighted by Crippen LogP contribution is 2.33. The highest BCUT2D eigenvalue weighted by Gasteiger charge is 2.16. The van der Waals surface area contributed by atoms with Gasteiger partial charge < -0.3 is 9.84 Å². The highest BCUT2D eigenvalue weighted by molar-refractivity contribution is 6.32. The number of hydrogen-bond acceptors (Lipinski definition) is 3. The van der Waals surface area contributed by atoms with Gasteiger partial charge in [-0.1, -0.05) is 11.6 Å². The van der Waals surface area contributed by atoms with Crippen molar-refractivity contribution < 1.29 is 19.0 Å². The first-order chi connectivity index (χ1) is 8.93. The van der Waals surface area contributed by atoms with E-state index in [0.717, 1.165) is 0 Å². The molecule has 1 aromatic carbocycles. The van der Waals surface area contributed by atoms with Gasteiger partial charge >= 0.3 is 5.97 Å². The largest absolute Gasteiger partial charge is 0.492 e. The zero-order valence-corrected chi connectivity index (χ0v) is 10.9. The maximum Gasteiger partial charge on any atom is 0.356 e. The molecule has 1 aromatic heterocycles. The first kappa shape index (κ1) is 13.4. The summed E-state index contributed by atoms with van der Waals surface area (Å²) >= 11 is 5.90. The van der Waals surface area contributed by atoms with E-state index in [0.29, 0.717) is 11.3 Å². The van der Waals surface area contributed by atoms with Crippen LogP contribution in [-0.4, -0.2) is 28.0 Å². The quantitative estimate of drug-likeness (QED) is 0.941. The van der Waals surface area contributed by atoms with Crippen LogP contribution in [0.2, 0.25) is 5.02 Å². The summed E-state index contributed by atoms with van der Waals surface area (Å²) in [6, 6.07) is 4.05. The molecule has 0 saturated heterocycles. The van der Waals surface area contributed by atoms with Crippen LogP contribution in [0, 0.1) is 5.82 Å². The molecular weight excluding hydrogens is 275 g/mol. The molecule has 5 nitrogen and oxygen atoms in total. The van der Waals surface area contributed by atoms with Gasteiger partial charge in [-0.15, -0.1) is 0 Å². The first-order valence-electron chi connectivity index (χ1n) is 5.24. The molecule has 100 valence electrons. The molecule has 0 radical (unpaired) electrons.